The van der Waals surface area contributed by atoms with Gasteiger partial charge in [-0.15, -0.1) is 0 Å². The first kappa shape index (κ1) is 20.0. The molecule has 4 N–H and O–H groups in total. The first-order valence-electron chi connectivity index (χ1n) is 9.79. The lowest BCUT2D eigenvalue weighted by molar-refractivity contribution is -0.127. The molecule has 0 unspecified atom stereocenters. The summed E-state index contributed by atoms with van der Waals surface area (Å²) in [6.45, 7) is 0.144. The second kappa shape index (κ2) is 9.43. The van der Waals surface area contributed by atoms with Gasteiger partial charge in [0.25, 0.3) is 0 Å². The van der Waals surface area contributed by atoms with Crippen LogP contribution in [0.2, 0.25) is 0 Å². The van der Waals surface area contributed by atoms with Crippen LogP contribution in [-0.4, -0.2) is 30.6 Å². The molecule has 0 radical (unpaired) electrons. The Hall–Kier alpha value is -2.77. The molecule has 0 aromatic heterocycles. The van der Waals surface area contributed by atoms with Gasteiger partial charge in [0.05, 0.1) is 0 Å². The molecule has 3 rings (SSSR count). The maximum absolute atomic E-state index is 12.7. The van der Waals surface area contributed by atoms with E-state index in [1.165, 1.54) is 25.7 Å². The number of hydrogen-bond donors (Lipinski definition) is 3. The standard InChI is InChI=1S/C20H27N3O5/c21-18(24)9-7-15(23-19(25)10-5-13-3-1-2-4-13)20(26)22-14-6-8-16-17(11-14)28-12-27-16/h6,8,11,13,15H,1-5,7,9-10,12H2,(H2,21,24)(H,22,26)(H,23,25)/t15-/m0/s1. The van der Waals surface area contributed by atoms with Gasteiger partial charge < -0.3 is 25.8 Å². The van der Waals surface area contributed by atoms with Gasteiger partial charge >= 0.3 is 0 Å². The van der Waals surface area contributed by atoms with Gasteiger partial charge in [-0.25, -0.2) is 0 Å². The number of rotatable bonds is 9. The van der Waals surface area contributed by atoms with Gasteiger partial charge in [0, 0.05) is 24.6 Å². The van der Waals surface area contributed by atoms with Crippen molar-refractivity contribution >= 4 is 23.4 Å². The fourth-order valence-electron chi connectivity index (χ4n) is 3.66. The lowest BCUT2D eigenvalue weighted by Gasteiger charge is -2.19. The molecule has 1 heterocycles. The van der Waals surface area contributed by atoms with Crippen LogP contribution in [0.3, 0.4) is 0 Å². The lowest BCUT2D eigenvalue weighted by atomic mass is 10.0. The van der Waals surface area contributed by atoms with Crippen molar-refractivity contribution in [3.63, 3.8) is 0 Å². The Morgan fingerprint density at radius 2 is 1.86 bits per heavy atom. The molecule has 8 nitrogen and oxygen atoms in total. The maximum atomic E-state index is 12.7. The predicted molar refractivity (Wildman–Crippen MR) is 103 cm³/mol. The summed E-state index contributed by atoms with van der Waals surface area (Å²) < 4.78 is 10.6. The number of nitrogens with two attached hydrogens (primary N) is 1. The second-order valence-corrected chi connectivity index (χ2v) is 7.37. The number of anilines is 1. The van der Waals surface area contributed by atoms with E-state index >= 15 is 0 Å². The van der Waals surface area contributed by atoms with Gasteiger partial charge in [0.2, 0.25) is 24.5 Å². The summed E-state index contributed by atoms with van der Waals surface area (Å²) in [4.78, 5) is 36.1. The highest BCUT2D eigenvalue weighted by atomic mass is 16.7. The van der Waals surface area contributed by atoms with Crippen molar-refractivity contribution in [1.82, 2.24) is 5.32 Å². The molecule has 28 heavy (non-hydrogen) atoms. The Labute approximate surface area is 164 Å². The topological polar surface area (TPSA) is 120 Å². The molecule has 2 aliphatic rings. The van der Waals surface area contributed by atoms with Crippen LogP contribution in [0.1, 0.15) is 51.4 Å². The van der Waals surface area contributed by atoms with E-state index in [1.807, 2.05) is 0 Å². The number of hydrogen-bond acceptors (Lipinski definition) is 5. The largest absolute Gasteiger partial charge is 0.454 e. The molecule has 0 spiro atoms. The minimum Gasteiger partial charge on any atom is -0.454 e. The molecule has 1 aromatic carbocycles. The lowest BCUT2D eigenvalue weighted by Crippen LogP contribution is -2.44. The first-order valence-corrected chi connectivity index (χ1v) is 9.79. The van der Waals surface area contributed by atoms with Crippen LogP contribution in [0.15, 0.2) is 18.2 Å². The third kappa shape index (κ3) is 5.61. The molecule has 1 aromatic rings. The highest BCUT2D eigenvalue weighted by Crippen LogP contribution is 2.34. The summed E-state index contributed by atoms with van der Waals surface area (Å²) in [5.41, 5.74) is 5.74. The van der Waals surface area contributed by atoms with Crippen LogP contribution in [-0.2, 0) is 14.4 Å². The molecule has 3 amide bonds. The van der Waals surface area contributed by atoms with Crippen molar-refractivity contribution in [2.45, 2.75) is 57.4 Å². The second-order valence-electron chi connectivity index (χ2n) is 7.37. The van der Waals surface area contributed by atoms with Crippen molar-refractivity contribution in [2.75, 3.05) is 12.1 Å². The smallest absolute Gasteiger partial charge is 0.246 e. The molecule has 1 aliphatic carbocycles. The number of carbonyl (C=O) groups excluding carboxylic acids is 3. The van der Waals surface area contributed by atoms with Crippen molar-refractivity contribution in [3.8, 4) is 11.5 Å². The predicted octanol–water partition coefficient (Wildman–Crippen LogP) is 2.07. The Kier molecular flexibility index (Phi) is 6.73. The highest BCUT2D eigenvalue weighted by molar-refractivity contribution is 5.97. The zero-order chi connectivity index (χ0) is 19.9. The van der Waals surface area contributed by atoms with Crippen LogP contribution in [0.25, 0.3) is 0 Å². The zero-order valence-corrected chi connectivity index (χ0v) is 15.9. The summed E-state index contributed by atoms with van der Waals surface area (Å²) >= 11 is 0. The molecule has 0 saturated heterocycles. The monoisotopic (exact) mass is 389 g/mol. The van der Waals surface area contributed by atoms with Crippen LogP contribution < -0.4 is 25.8 Å². The van der Waals surface area contributed by atoms with Gasteiger partial charge in [-0.05, 0) is 30.9 Å². The molecule has 0 bridgehead atoms. The van der Waals surface area contributed by atoms with E-state index in [1.54, 1.807) is 18.2 Å². The number of carbonyl (C=O) groups is 3. The molecule has 1 aliphatic heterocycles. The van der Waals surface area contributed by atoms with E-state index in [4.69, 9.17) is 15.2 Å². The Balaban J connectivity index is 1.56. The van der Waals surface area contributed by atoms with Crippen LogP contribution in [0, 0.1) is 5.92 Å². The van der Waals surface area contributed by atoms with E-state index in [-0.39, 0.29) is 25.5 Å². The van der Waals surface area contributed by atoms with Gasteiger partial charge in [-0.2, -0.15) is 0 Å². The van der Waals surface area contributed by atoms with Crippen molar-refractivity contribution < 1.29 is 23.9 Å². The molecular formula is C20H27N3O5. The highest BCUT2D eigenvalue weighted by Gasteiger charge is 2.23. The molecule has 1 atom stereocenters. The van der Waals surface area contributed by atoms with E-state index in [9.17, 15) is 14.4 Å². The van der Waals surface area contributed by atoms with E-state index < -0.39 is 17.9 Å². The summed E-state index contributed by atoms with van der Waals surface area (Å²) in [7, 11) is 0. The fraction of sp³-hybridized carbons (Fsp3) is 0.550. The summed E-state index contributed by atoms with van der Waals surface area (Å²) in [6.07, 6.45) is 6.18. The number of amides is 3. The molecular weight excluding hydrogens is 362 g/mol. The average molecular weight is 389 g/mol. The minimum absolute atomic E-state index is 0.0160. The normalized spacial score (nSPS) is 16.6. The number of ether oxygens (including phenoxy) is 2. The first-order chi connectivity index (χ1) is 13.5. The van der Waals surface area contributed by atoms with Gasteiger partial charge in [0.15, 0.2) is 11.5 Å². The fourth-order valence-corrected chi connectivity index (χ4v) is 3.66. The summed E-state index contributed by atoms with van der Waals surface area (Å²) in [5.74, 6) is 0.672. The van der Waals surface area contributed by atoms with Crippen LogP contribution >= 0.6 is 0 Å². The number of primary amides is 1. The molecule has 1 fully saturated rings. The summed E-state index contributed by atoms with van der Waals surface area (Å²) in [6, 6.07) is 4.23. The van der Waals surface area contributed by atoms with Crippen molar-refractivity contribution in [3.05, 3.63) is 18.2 Å². The third-order valence-corrected chi connectivity index (χ3v) is 5.23. The Bertz CT molecular complexity index is 731. The SMILES string of the molecule is NC(=O)CC[C@H](NC(=O)CCC1CCCC1)C(=O)Nc1ccc2c(c1)OCO2. The Morgan fingerprint density at radius 3 is 2.61 bits per heavy atom. The van der Waals surface area contributed by atoms with Crippen molar-refractivity contribution in [1.29, 1.82) is 0 Å². The summed E-state index contributed by atoms with van der Waals surface area (Å²) in [5, 5.41) is 5.51. The average Bonchev–Trinajstić information content (AvgIpc) is 3.34. The zero-order valence-electron chi connectivity index (χ0n) is 15.9. The Morgan fingerprint density at radius 1 is 1.11 bits per heavy atom. The van der Waals surface area contributed by atoms with Crippen LogP contribution in [0.5, 0.6) is 11.5 Å². The van der Waals surface area contributed by atoms with E-state index in [2.05, 4.69) is 10.6 Å². The third-order valence-electron chi connectivity index (χ3n) is 5.23. The van der Waals surface area contributed by atoms with Gasteiger partial charge in [0.1, 0.15) is 6.04 Å². The molecule has 1 saturated carbocycles. The van der Waals surface area contributed by atoms with E-state index in [0.29, 0.717) is 29.5 Å². The number of nitrogens with one attached hydrogen (secondary N) is 2. The van der Waals surface area contributed by atoms with Gasteiger partial charge in [-0.1, -0.05) is 25.7 Å². The van der Waals surface area contributed by atoms with Crippen LogP contribution in [0.4, 0.5) is 5.69 Å². The van der Waals surface area contributed by atoms with Crippen molar-refractivity contribution in [2.24, 2.45) is 11.7 Å². The number of fused-ring (bicyclic) bond motifs is 1. The number of benzene rings is 1. The van der Waals surface area contributed by atoms with E-state index in [0.717, 1.165) is 6.42 Å². The molecule has 8 heteroatoms. The minimum atomic E-state index is -0.825. The molecule has 152 valence electrons. The van der Waals surface area contributed by atoms with Gasteiger partial charge in [-0.3, -0.25) is 14.4 Å². The quantitative estimate of drug-likeness (QED) is 0.597. The maximum Gasteiger partial charge on any atom is 0.246 e.